The number of hydrogen-bond acceptors (Lipinski definition) is 6. The van der Waals surface area contributed by atoms with Crippen LogP contribution in [-0.4, -0.2) is 31.6 Å². The molecule has 2 aliphatic rings. The molecule has 2 aliphatic heterocycles. The van der Waals surface area contributed by atoms with E-state index >= 15 is 0 Å². The molecule has 0 amide bonds. The molecule has 168 valence electrons. The molecule has 0 aromatic heterocycles. The van der Waals surface area contributed by atoms with Crippen molar-refractivity contribution in [1.29, 1.82) is 0 Å². The first-order valence-electron chi connectivity index (χ1n) is 10.8. The van der Waals surface area contributed by atoms with Crippen LogP contribution < -0.4 is 18.9 Å². The molecule has 6 heteroatoms. The molecule has 3 aromatic carbocycles. The number of methoxy groups -OCH3 is 2. The van der Waals surface area contributed by atoms with Gasteiger partial charge in [0.25, 0.3) is 0 Å². The molecule has 0 fully saturated rings. The lowest BCUT2D eigenvalue weighted by atomic mass is 9.99. The standard InChI is InChI=1S/C27H25NO5/c1-17-26-20(15-28(16-32-26)14-18-7-5-4-6-8-18)12-22-25(29)24(33-27(17)22)13-19-11-21(30-2)9-10-23(19)31-3/h4-13H,14-16H2,1-3H3/b24-13-. The molecule has 0 spiro atoms. The molecule has 0 N–H and O–H groups in total. The van der Waals surface area contributed by atoms with Crippen LogP contribution in [0.25, 0.3) is 6.08 Å². The minimum absolute atomic E-state index is 0.152. The van der Waals surface area contributed by atoms with E-state index in [1.54, 1.807) is 26.4 Å². The van der Waals surface area contributed by atoms with Crippen LogP contribution >= 0.6 is 0 Å². The summed E-state index contributed by atoms with van der Waals surface area (Å²) in [5.74, 6) is 2.76. The Morgan fingerprint density at radius 2 is 1.85 bits per heavy atom. The molecule has 6 nitrogen and oxygen atoms in total. The second-order valence-electron chi connectivity index (χ2n) is 8.16. The summed E-state index contributed by atoms with van der Waals surface area (Å²) in [6.45, 7) is 3.90. The zero-order valence-corrected chi connectivity index (χ0v) is 18.9. The number of fused-ring (bicyclic) bond motifs is 2. The fourth-order valence-electron chi connectivity index (χ4n) is 4.33. The Morgan fingerprint density at radius 3 is 2.61 bits per heavy atom. The second kappa shape index (κ2) is 8.64. The summed E-state index contributed by atoms with van der Waals surface area (Å²) in [6.07, 6.45) is 1.70. The van der Waals surface area contributed by atoms with Gasteiger partial charge in [-0.1, -0.05) is 30.3 Å². The van der Waals surface area contributed by atoms with Crippen LogP contribution in [0.3, 0.4) is 0 Å². The maximum Gasteiger partial charge on any atom is 0.231 e. The normalized spacial score (nSPS) is 16.1. The van der Waals surface area contributed by atoms with Crippen LogP contribution in [0.4, 0.5) is 0 Å². The summed E-state index contributed by atoms with van der Waals surface area (Å²) < 4.78 is 22.9. The highest BCUT2D eigenvalue weighted by Crippen LogP contribution is 2.43. The molecule has 0 saturated heterocycles. The lowest BCUT2D eigenvalue weighted by molar-refractivity contribution is 0.0876. The maximum absolute atomic E-state index is 13.2. The molecule has 0 bridgehead atoms. The molecule has 3 aromatic rings. The Balaban J connectivity index is 1.45. The van der Waals surface area contributed by atoms with E-state index in [0.717, 1.165) is 23.4 Å². The number of ketones is 1. The van der Waals surface area contributed by atoms with E-state index in [-0.39, 0.29) is 11.5 Å². The topological polar surface area (TPSA) is 57.2 Å². The van der Waals surface area contributed by atoms with Crippen molar-refractivity contribution < 1.29 is 23.7 Å². The predicted molar refractivity (Wildman–Crippen MR) is 125 cm³/mol. The highest BCUT2D eigenvalue weighted by Gasteiger charge is 2.33. The number of Topliss-reactive ketones (excluding diaryl/α,β-unsaturated/α-hetero) is 1. The maximum atomic E-state index is 13.2. The average Bonchev–Trinajstić information content (AvgIpc) is 3.15. The first-order chi connectivity index (χ1) is 16.1. The number of carbonyl (C=O) groups excluding carboxylic acids is 1. The van der Waals surface area contributed by atoms with Gasteiger partial charge < -0.3 is 18.9 Å². The molecule has 0 radical (unpaired) electrons. The molecule has 0 saturated carbocycles. The van der Waals surface area contributed by atoms with E-state index in [4.69, 9.17) is 18.9 Å². The molecule has 0 unspecified atom stereocenters. The largest absolute Gasteiger partial charge is 0.497 e. The van der Waals surface area contributed by atoms with Gasteiger partial charge in [0.2, 0.25) is 5.78 Å². The Hall–Kier alpha value is -3.77. The van der Waals surface area contributed by atoms with Gasteiger partial charge in [0.15, 0.2) is 5.76 Å². The van der Waals surface area contributed by atoms with E-state index in [9.17, 15) is 4.79 Å². The number of rotatable bonds is 5. The van der Waals surface area contributed by atoms with Crippen LogP contribution in [0.1, 0.15) is 32.6 Å². The lowest BCUT2D eigenvalue weighted by Gasteiger charge is -2.30. The van der Waals surface area contributed by atoms with Gasteiger partial charge >= 0.3 is 0 Å². The van der Waals surface area contributed by atoms with Gasteiger partial charge in [0.1, 0.15) is 29.7 Å². The average molecular weight is 443 g/mol. The fourth-order valence-corrected chi connectivity index (χ4v) is 4.33. The van der Waals surface area contributed by atoms with Crippen molar-refractivity contribution in [3.05, 3.63) is 88.2 Å². The monoisotopic (exact) mass is 443 g/mol. The summed E-state index contributed by atoms with van der Waals surface area (Å²) in [7, 11) is 3.19. The first-order valence-corrected chi connectivity index (χ1v) is 10.8. The van der Waals surface area contributed by atoms with Crippen molar-refractivity contribution in [2.75, 3.05) is 21.0 Å². The van der Waals surface area contributed by atoms with Gasteiger partial charge in [-0.3, -0.25) is 9.69 Å². The molecule has 0 aliphatic carbocycles. The van der Waals surface area contributed by atoms with Gasteiger partial charge in [-0.15, -0.1) is 0 Å². The zero-order valence-electron chi connectivity index (χ0n) is 18.9. The van der Waals surface area contributed by atoms with Crippen LogP contribution in [-0.2, 0) is 13.1 Å². The minimum atomic E-state index is -0.152. The lowest BCUT2D eigenvalue weighted by Crippen LogP contribution is -2.32. The number of hydrogen-bond donors (Lipinski definition) is 0. The van der Waals surface area contributed by atoms with Crippen LogP contribution in [0, 0.1) is 6.92 Å². The van der Waals surface area contributed by atoms with E-state index in [2.05, 4.69) is 17.0 Å². The summed E-state index contributed by atoms with van der Waals surface area (Å²) in [4.78, 5) is 15.5. The van der Waals surface area contributed by atoms with Crippen molar-refractivity contribution in [2.45, 2.75) is 20.0 Å². The van der Waals surface area contributed by atoms with Crippen LogP contribution in [0.2, 0.25) is 0 Å². The number of ether oxygens (including phenoxy) is 4. The minimum Gasteiger partial charge on any atom is -0.497 e. The van der Waals surface area contributed by atoms with Crippen molar-refractivity contribution in [1.82, 2.24) is 4.90 Å². The third-order valence-corrected chi connectivity index (χ3v) is 5.97. The van der Waals surface area contributed by atoms with Crippen LogP contribution in [0.15, 0.2) is 60.4 Å². The molecule has 0 atom stereocenters. The van der Waals surface area contributed by atoms with E-state index < -0.39 is 0 Å². The van der Waals surface area contributed by atoms with Crippen molar-refractivity contribution in [2.24, 2.45) is 0 Å². The Morgan fingerprint density at radius 1 is 1.03 bits per heavy atom. The van der Waals surface area contributed by atoms with Gasteiger partial charge in [-0.2, -0.15) is 0 Å². The van der Waals surface area contributed by atoms with Crippen molar-refractivity contribution >= 4 is 11.9 Å². The van der Waals surface area contributed by atoms with Gasteiger partial charge in [-0.05, 0) is 42.8 Å². The summed E-state index contributed by atoms with van der Waals surface area (Å²) >= 11 is 0. The SMILES string of the molecule is COc1ccc(OC)c(/C=C2\Oc3c(cc4c(c3C)OCN(Cc3ccccc3)C4)C2=O)c1. The van der Waals surface area contributed by atoms with Crippen molar-refractivity contribution in [3.8, 4) is 23.0 Å². The number of allylic oxidation sites excluding steroid dienone is 1. The summed E-state index contributed by atoms with van der Waals surface area (Å²) in [5, 5.41) is 0. The fraction of sp³-hybridized carbons (Fsp3) is 0.222. The quantitative estimate of drug-likeness (QED) is 0.519. The molecule has 2 heterocycles. The Bertz CT molecular complexity index is 1250. The van der Waals surface area contributed by atoms with E-state index in [1.807, 2.05) is 43.3 Å². The van der Waals surface area contributed by atoms with E-state index in [0.29, 0.717) is 41.7 Å². The number of nitrogens with zero attached hydrogens (tertiary/aromatic N) is 1. The molecule has 33 heavy (non-hydrogen) atoms. The molecule has 5 rings (SSSR count). The predicted octanol–water partition coefficient (Wildman–Crippen LogP) is 4.98. The Labute approximate surface area is 193 Å². The molecular weight excluding hydrogens is 418 g/mol. The third kappa shape index (κ3) is 3.94. The van der Waals surface area contributed by atoms with Gasteiger partial charge in [-0.25, -0.2) is 0 Å². The van der Waals surface area contributed by atoms with Crippen LogP contribution in [0.5, 0.6) is 23.0 Å². The van der Waals surface area contributed by atoms with Crippen molar-refractivity contribution in [3.63, 3.8) is 0 Å². The van der Waals surface area contributed by atoms with E-state index in [1.165, 1.54) is 5.56 Å². The second-order valence-corrected chi connectivity index (χ2v) is 8.16. The third-order valence-electron chi connectivity index (χ3n) is 5.97. The zero-order chi connectivity index (χ0) is 22.9. The van der Waals surface area contributed by atoms with Gasteiger partial charge in [0, 0.05) is 29.8 Å². The van der Waals surface area contributed by atoms with Gasteiger partial charge in [0.05, 0.1) is 19.8 Å². The molecular formula is C27H25NO5. The first kappa shape index (κ1) is 21.1. The smallest absolute Gasteiger partial charge is 0.231 e. The summed E-state index contributed by atoms with van der Waals surface area (Å²) in [5.41, 5.74) is 4.33. The summed E-state index contributed by atoms with van der Waals surface area (Å²) in [6, 6.07) is 17.6. The Kier molecular flexibility index (Phi) is 5.52. The number of benzene rings is 3. The highest BCUT2D eigenvalue weighted by atomic mass is 16.5. The highest BCUT2D eigenvalue weighted by molar-refractivity contribution is 6.15. The number of carbonyl (C=O) groups is 1.